The predicted octanol–water partition coefficient (Wildman–Crippen LogP) is -0.00560. The Kier molecular flexibility index (Phi) is 2.84. The molecule has 0 aliphatic heterocycles. The quantitative estimate of drug-likeness (QED) is 0.289. The molecule has 8 heavy (non-hydrogen) atoms. The fraction of sp³-hybridized carbons (Fsp3) is 0.600. The first-order chi connectivity index (χ1) is 3.72. The number of carbonyl (C=O) groups is 2. The van der Waals surface area contributed by atoms with E-state index in [1.165, 1.54) is 14.0 Å². The van der Waals surface area contributed by atoms with Gasteiger partial charge in [0, 0.05) is 0 Å². The molecule has 0 heterocycles. The third kappa shape index (κ3) is 1.73. The van der Waals surface area contributed by atoms with Crippen LogP contribution in [-0.4, -0.2) is 19.4 Å². The van der Waals surface area contributed by atoms with E-state index in [0.29, 0.717) is 6.29 Å². The minimum absolute atomic E-state index is 0.486. The Morgan fingerprint density at radius 3 is 2.38 bits per heavy atom. The monoisotopic (exact) mass is 116 g/mol. The summed E-state index contributed by atoms with van der Waals surface area (Å²) in [6.45, 7) is 1.48. The summed E-state index contributed by atoms with van der Waals surface area (Å²) in [4.78, 5) is 20.1. The smallest absolute Gasteiger partial charge is 0.315 e. The molecule has 3 heteroatoms. The average Bonchev–Trinajstić information content (AvgIpc) is 1.84. The Morgan fingerprint density at radius 1 is 1.75 bits per heavy atom. The van der Waals surface area contributed by atoms with Gasteiger partial charge in [0.2, 0.25) is 0 Å². The van der Waals surface area contributed by atoms with Crippen LogP contribution in [0.25, 0.3) is 0 Å². The Hall–Kier alpha value is -0.860. The standard InChI is InChI=1S/C5H8O3/c1-4(3-6)5(7)8-2/h3-4H,1-2H3/t4-/m1/s1. The van der Waals surface area contributed by atoms with Gasteiger partial charge in [0.15, 0.2) is 0 Å². The van der Waals surface area contributed by atoms with E-state index in [4.69, 9.17) is 0 Å². The van der Waals surface area contributed by atoms with Gasteiger partial charge in [-0.25, -0.2) is 0 Å². The molecule has 0 aromatic heterocycles. The highest BCUT2D eigenvalue weighted by atomic mass is 16.5. The van der Waals surface area contributed by atoms with Gasteiger partial charge in [-0.15, -0.1) is 0 Å². The van der Waals surface area contributed by atoms with Crippen LogP contribution in [-0.2, 0) is 14.3 Å². The third-order valence-corrected chi connectivity index (χ3v) is 0.777. The Labute approximate surface area is 47.6 Å². The van der Waals surface area contributed by atoms with E-state index < -0.39 is 11.9 Å². The average molecular weight is 116 g/mol. The van der Waals surface area contributed by atoms with Gasteiger partial charge in [-0.3, -0.25) is 4.79 Å². The summed E-state index contributed by atoms with van der Waals surface area (Å²) in [5.74, 6) is -1.11. The SMILES string of the molecule is COC(=O)[C@H](C)C=O. The van der Waals surface area contributed by atoms with Crippen molar-refractivity contribution < 1.29 is 14.3 Å². The van der Waals surface area contributed by atoms with Crippen molar-refractivity contribution in [1.82, 2.24) is 0 Å². The number of aldehydes is 1. The summed E-state index contributed by atoms with van der Waals surface area (Å²) in [7, 11) is 1.25. The highest BCUT2D eigenvalue weighted by Gasteiger charge is 2.09. The van der Waals surface area contributed by atoms with E-state index in [9.17, 15) is 9.59 Å². The third-order valence-electron chi connectivity index (χ3n) is 0.777. The molecule has 0 fully saturated rings. The molecule has 0 aliphatic carbocycles. The van der Waals surface area contributed by atoms with Gasteiger partial charge in [-0.1, -0.05) is 0 Å². The van der Waals surface area contributed by atoms with Crippen LogP contribution in [0.3, 0.4) is 0 Å². The lowest BCUT2D eigenvalue weighted by Crippen LogP contribution is -2.13. The second-order valence-electron chi connectivity index (χ2n) is 1.45. The number of esters is 1. The van der Waals surface area contributed by atoms with E-state index in [2.05, 4.69) is 4.74 Å². The molecule has 0 aromatic rings. The van der Waals surface area contributed by atoms with Crippen LogP contribution in [0.5, 0.6) is 0 Å². The first-order valence-corrected chi connectivity index (χ1v) is 2.25. The van der Waals surface area contributed by atoms with E-state index in [-0.39, 0.29) is 0 Å². The van der Waals surface area contributed by atoms with Gasteiger partial charge >= 0.3 is 5.97 Å². The molecule has 1 atom stereocenters. The highest BCUT2D eigenvalue weighted by molar-refractivity contribution is 5.86. The molecule has 0 radical (unpaired) electrons. The predicted molar refractivity (Wildman–Crippen MR) is 27.2 cm³/mol. The molecule has 0 spiro atoms. The second kappa shape index (κ2) is 3.18. The van der Waals surface area contributed by atoms with Crippen molar-refractivity contribution in [2.75, 3.05) is 7.11 Å². The van der Waals surface area contributed by atoms with Gasteiger partial charge in [-0.2, -0.15) is 0 Å². The second-order valence-corrected chi connectivity index (χ2v) is 1.45. The van der Waals surface area contributed by atoms with Crippen molar-refractivity contribution >= 4 is 12.3 Å². The number of methoxy groups -OCH3 is 1. The largest absolute Gasteiger partial charge is 0.468 e. The zero-order chi connectivity index (χ0) is 6.57. The maximum atomic E-state index is 10.3. The van der Waals surface area contributed by atoms with Gasteiger partial charge in [-0.05, 0) is 6.92 Å². The van der Waals surface area contributed by atoms with Crippen LogP contribution in [0.1, 0.15) is 6.92 Å². The molecule has 0 saturated heterocycles. The van der Waals surface area contributed by atoms with E-state index in [1.807, 2.05) is 0 Å². The Morgan fingerprint density at radius 2 is 2.25 bits per heavy atom. The molecular formula is C5H8O3. The van der Waals surface area contributed by atoms with Crippen molar-refractivity contribution in [3.63, 3.8) is 0 Å². The van der Waals surface area contributed by atoms with Crippen molar-refractivity contribution in [3.05, 3.63) is 0 Å². The maximum absolute atomic E-state index is 10.3. The Balaban J connectivity index is 3.62. The molecule has 0 amide bonds. The molecule has 0 rings (SSSR count). The van der Waals surface area contributed by atoms with Crippen molar-refractivity contribution in [1.29, 1.82) is 0 Å². The van der Waals surface area contributed by atoms with E-state index >= 15 is 0 Å². The summed E-state index contributed by atoms with van der Waals surface area (Å²) in [5.41, 5.74) is 0. The molecule has 0 aliphatic rings. The highest BCUT2D eigenvalue weighted by Crippen LogP contribution is 1.89. The van der Waals surface area contributed by atoms with Gasteiger partial charge < -0.3 is 9.53 Å². The number of rotatable bonds is 2. The number of hydrogen-bond donors (Lipinski definition) is 0. The van der Waals surface area contributed by atoms with Crippen LogP contribution in [0, 0.1) is 5.92 Å². The summed E-state index contributed by atoms with van der Waals surface area (Å²) in [6.07, 6.45) is 0.547. The summed E-state index contributed by atoms with van der Waals surface area (Å²) >= 11 is 0. The van der Waals surface area contributed by atoms with E-state index in [1.54, 1.807) is 0 Å². The van der Waals surface area contributed by atoms with Gasteiger partial charge in [0.05, 0.1) is 7.11 Å². The first-order valence-electron chi connectivity index (χ1n) is 2.25. The minimum Gasteiger partial charge on any atom is -0.468 e. The van der Waals surface area contributed by atoms with Crippen LogP contribution < -0.4 is 0 Å². The topological polar surface area (TPSA) is 43.4 Å². The first kappa shape index (κ1) is 7.14. The molecular weight excluding hydrogens is 108 g/mol. The molecule has 0 saturated carbocycles. The van der Waals surface area contributed by atoms with Crippen molar-refractivity contribution in [2.45, 2.75) is 6.92 Å². The lowest BCUT2D eigenvalue weighted by atomic mass is 10.2. The van der Waals surface area contributed by atoms with Crippen molar-refractivity contribution in [3.8, 4) is 0 Å². The zero-order valence-corrected chi connectivity index (χ0v) is 4.88. The van der Waals surface area contributed by atoms with Crippen LogP contribution >= 0.6 is 0 Å². The fourth-order valence-corrected chi connectivity index (χ4v) is 0.241. The van der Waals surface area contributed by atoms with Crippen LogP contribution in [0.2, 0.25) is 0 Å². The van der Waals surface area contributed by atoms with Crippen molar-refractivity contribution in [2.24, 2.45) is 5.92 Å². The summed E-state index contributed by atoms with van der Waals surface area (Å²) in [6, 6.07) is 0. The lowest BCUT2D eigenvalue weighted by molar-refractivity contribution is -0.146. The summed E-state index contributed by atoms with van der Waals surface area (Å²) < 4.78 is 4.23. The molecule has 0 bridgehead atoms. The number of hydrogen-bond acceptors (Lipinski definition) is 3. The lowest BCUT2D eigenvalue weighted by Gasteiger charge is -1.97. The van der Waals surface area contributed by atoms with Gasteiger partial charge in [0.1, 0.15) is 12.2 Å². The molecule has 0 aromatic carbocycles. The number of ether oxygens (including phenoxy) is 1. The fourth-order valence-electron chi connectivity index (χ4n) is 0.241. The van der Waals surface area contributed by atoms with Crippen LogP contribution in [0.15, 0.2) is 0 Å². The van der Waals surface area contributed by atoms with Gasteiger partial charge in [0.25, 0.3) is 0 Å². The maximum Gasteiger partial charge on any atom is 0.315 e. The molecule has 46 valence electrons. The molecule has 0 unspecified atom stereocenters. The zero-order valence-electron chi connectivity index (χ0n) is 4.88. The van der Waals surface area contributed by atoms with E-state index in [0.717, 1.165) is 0 Å². The normalized spacial score (nSPS) is 12.2. The van der Waals surface area contributed by atoms with Crippen LogP contribution in [0.4, 0.5) is 0 Å². The number of carbonyl (C=O) groups excluding carboxylic acids is 2. The minimum atomic E-state index is -0.625. The molecule has 3 nitrogen and oxygen atoms in total. The molecule has 0 N–H and O–H groups in total. The summed E-state index contributed by atoms with van der Waals surface area (Å²) in [5, 5.41) is 0. The Bertz CT molecular complexity index is 97.8.